The van der Waals surface area contributed by atoms with Crippen molar-refractivity contribution >= 4 is 41.6 Å². The number of piperazine rings is 1. The highest BCUT2D eigenvalue weighted by Crippen LogP contribution is 2.22. The Labute approximate surface area is 141 Å². The van der Waals surface area contributed by atoms with Gasteiger partial charge >= 0.3 is 6.03 Å². The number of anilines is 1. The number of hydrogen-bond donors (Lipinski definition) is 2. The third-order valence-electron chi connectivity index (χ3n) is 3.26. The first-order chi connectivity index (χ1) is 9.99. The Bertz CT molecular complexity index is 546. The van der Waals surface area contributed by atoms with Crippen molar-refractivity contribution in [1.29, 1.82) is 0 Å². The summed E-state index contributed by atoms with van der Waals surface area (Å²) in [7, 11) is 3.30. The van der Waals surface area contributed by atoms with Crippen molar-refractivity contribution in [3.63, 3.8) is 0 Å². The van der Waals surface area contributed by atoms with Crippen LogP contribution in [-0.4, -0.2) is 62.0 Å². The summed E-state index contributed by atoms with van der Waals surface area (Å²) in [5.41, 5.74) is 0.965. The molecule has 0 atom stereocenters. The Balaban J connectivity index is 0.00000242. The molecule has 0 aromatic heterocycles. The van der Waals surface area contributed by atoms with Crippen LogP contribution in [0, 0.1) is 0 Å². The Morgan fingerprint density at radius 3 is 2.50 bits per heavy atom. The first kappa shape index (κ1) is 18.5. The molecule has 0 spiro atoms. The standard InChI is InChI=1S/C14H19ClN4O2.ClH/c1-18(2)14(21)17-10-3-4-12(15)11(9-10)13(20)19-7-5-16-6-8-19;/h3-4,9,16H,5-8H2,1-2H3,(H,17,21);1H. The smallest absolute Gasteiger partial charge is 0.321 e. The monoisotopic (exact) mass is 346 g/mol. The van der Waals surface area contributed by atoms with Gasteiger partial charge in [-0.15, -0.1) is 12.4 Å². The molecule has 0 aliphatic carbocycles. The van der Waals surface area contributed by atoms with Crippen LogP contribution in [0.1, 0.15) is 10.4 Å². The fourth-order valence-corrected chi connectivity index (χ4v) is 2.24. The average Bonchev–Trinajstić information content (AvgIpc) is 2.49. The van der Waals surface area contributed by atoms with Gasteiger partial charge < -0.3 is 20.4 Å². The van der Waals surface area contributed by atoms with Crippen LogP contribution in [0.2, 0.25) is 5.02 Å². The highest BCUT2D eigenvalue weighted by molar-refractivity contribution is 6.34. The molecule has 6 nitrogen and oxygen atoms in total. The van der Waals surface area contributed by atoms with E-state index in [2.05, 4.69) is 10.6 Å². The van der Waals surface area contributed by atoms with Gasteiger partial charge in [0.2, 0.25) is 0 Å². The Hall–Kier alpha value is -1.50. The van der Waals surface area contributed by atoms with Gasteiger partial charge in [0, 0.05) is 46.0 Å². The van der Waals surface area contributed by atoms with Crippen molar-refractivity contribution in [2.45, 2.75) is 0 Å². The van der Waals surface area contributed by atoms with E-state index >= 15 is 0 Å². The van der Waals surface area contributed by atoms with Crippen molar-refractivity contribution in [3.05, 3.63) is 28.8 Å². The molecule has 1 aliphatic rings. The molecule has 0 radical (unpaired) electrons. The molecule has 8 heteroatoms. The number of nitrogens with zero attached hydrogens (tertiary/aromatic N) is 2. The number of amides is 3. The zero-order chi connectivity index (χ0) is 15.4. The SMILES string of the molecule is CN(C)C(=O)Nc1ccc(Cl)c(C(=O)N2CCNCC2)c1.Cl. The number of carbonyl (C=O) groups excluding carboxylic acids is 2. The molecule has 0 unspecified atom stereocenters. The topological polar surface area (TPSA) is 64.7 Å². The molecule has 0 bridgehead atoms. The number of nitrogens with one attached hydrogen (secondary N) is 2. The summed E-state index contributed by atoms with van der Waals surface area (Å²) in [4.78, 5) is 27.3. The number of urea groups is 1. The molecule has 2 N–H and O–H groups in total. The van der Waals surface area contributed by atoms with Gasteiger partial charge in [0.25, 0.3) is 5.91 Å². The normalized spacial score (nSPS) is 14.0. The van der Waals surface area contributed by atoms with Crippen LogP contribution in [0.5, 0.6) is 0 Å². The average molecular weight is 347 g/mol. The summed E-state index contributed by atoms with van der Waals surface area (Å²) < 4.78 is 0. The minimum Gasteiger partial charge on any atom is -0.336 e. The summed E-state index contributed by atoms with van der Waals surface area (Å²) in [6.45, 7) is 2.87. The van der Waals surface area contributed by atoms with Gasteiger partial charge in [0.05, 0.1) is 10.6 Å². The van der Waals surface area contributed by atoms with Crippen LogP contribution in [0.15, 0.2) is 18.2 Å². The van der Waals surface area contributed by atoms with E-state index in [1.165, 1.54) is 4.90 Å². The van der Waals surface area contributed by atoms with Crippen LogP contribution in [-0.2, 0) is 0 Å². The van der Waals surface area contributed by atoms with Crippen molar-refractivity contribution in [2.75, 3.05) is 45.6 Å². The molecule has 1 saturated heterocycles. The van der Waals surface area contributed by atoms with E-state index in [0.717, 1.165) is 13.1 Å². The van der Waals surface area contributed by atoms with Crippen molar-refractivity contribution < 1.29 is 9.59 Å². The van der Waals surface area contributed by atoms with Crippen molar-refractivity contribution in [3.8, 4) is 0 Å². The Kier molecular flexibility index (Phi) is 6.93. The quantitative estimate of drug-likeness (QED) is 0.859. The van der Waals surface area contributed by atoms with Gasteiger partial charge in [0.15, 0.2) is 0 Å². The molecule has 122 valence electrons. The zero-order valence-electron chi connectivity index (χ0n) is 12.6. The summed E-state index contributed by atoms with van der Waals surface area (Å²) in [6, 6.07) is 4.67. The van der Waals surface area contributed by atoms with E-state index < -0.39 is 0 Å². The van der Waals surface area contributed by atoms with E-state index in [4.69, 9.17) is 11.6 Å². The minimum absolute atomic E-state index is 0. The Morgan fingerprint density at radius 2 is 1.91 bits per heavy atom. The minimum atomic E-state index is -0.252. The molecule has 2 rings (SSSR count). The molecule has 3 amide bonds. The molecule has 1 aromatic carbocycles. The van der Waals surface area contributed by atoms with Crippen molar-refractivity contribution in [2.24, 2.45) is 0 Å². The van der Waals surface area contributed by atoms with Gasteiger partial charge in [-0.05, 0) is 18.2 Å². The van der Waals surface area contributed by atoms with Crippen LogP contribution in [0.4, 0.5) is 10.5 Å². The molecule has 0 saturated carbocycles. The van der Waals surface area contributed by atoms with Crippen molar-refractivity contribution in [1.82, 2.24) is 15.1 Å². The van der Waals surface area contributed by atoms with E-state index in [-0.39, 0.29) is 24.3 Å². The largest absolute Gasteiger partial charge is 0.336 e. The number of benzene rings is 1. The molecule has 1 aromatic rings. The van der Waals surface area contributed by atoms with E-state index in [0.29, 0.717) is 29.4 Å². The maximum absolute atomic E-state index is 12.5. The summed E-state index contributed by atoms with van der Waals surface area (Å²) in [5, 5.41) is 6.30. The fourth-order valence-electron chi connectivity index (χ4n) is 2.04. The molecule has 1 heterocycles. The highest BCUT2D eigenvalue weighted by Gasteiger charge is 2.20. The molecular weight excluding hydrogens is 327 g/mol. The summed E-state index contributed by atoms with van der Waals surface area (Å²) >= 11 is 6.12. The summed E-state index contributed by atoms with van der Waals surface area (Å²) in [6.07, 6.45) is 0. The van der Waals surface area contributed by atoms with Crippen LogP contribution in [0.25, 0.3) is 0 Å². The van der Waals surface area contributed by atoms with E-state index in [1.54, 1.807) is 37.2 Å². The number of hydrogen-bond acceptors (Lipinski definition) is 3. The summed E-state index contributed by atoms with van der Waals surface area (Å²) in [5.74, 6) is -0.109. The maximum atomic E-state index is 12.5. The highest BCUT2D eigenvalue weighted by atomic mass is 35.5. The number of halogens is 2. The van der Waals surface area contributed by atoms with E-state index in [9.17, 15) is 9.59 Å². The fraction of sp³-hybridized carbons (Fsp3) is 0.429. The lowest BCUT2D eigenvalue weighted by Gasteiger charge is -2.28. The first-order valence-electron chi connectivity index (χ1n) is 6.77. The van der Waals surface area contributed by atoms with Gasteiger partial charge in [-0.2, -0.15) is 0 Å². The number of rotatable bonds is 2. The van der Waals surface area contributed by atoms with Gasteiger partial charge in [-0.25, -0.2) is 4.79 Å². The number of carbonyl (C=O) groups is 2. The van der Waals surface area contributed by atoms with Crippen LogP contribution in [0.3, 0.4) is 0 Å². The third-order valence-corrected chi connectivity index (χ3v) is 3.59. The second kappa shape index (κ2) is 8.22. The molecular formula is C14H20Cl2N4O2. The van der Waals surface area contributed by atoms with Gasteiger partial charge in [-0.1, -0.05) is 11.6 Å². The lowest BCUT2D eigenvalue weighted by atomic mass is 10.1. The van der Waals surface area contributed by atoms with Crippen LogP contribution < -0.4 is 10.6 Å². The van der Waals surface area contributed by atoms with Gasteiger partial charge in [0.1, 0.15) is 0 Å². The lowest BCUT2D eigenvalue weighted by Crippen LogP contribution is -2.46. The molecule has 1 fully saturated rings. The second-order valence-corrected chi connectivity index (χ2v) is 5.47. The third kappa shape index (κ3) is 4.50. The first-order valence-corrected chi connectivity index (χ1v) is 7.14. The zero-order valence-corrected chi connectivity index (χ0v) is 14.1. The van der Waals surface area contributed by atoms with Crippen LogP contribution >= 0.6 is 24.0 Å². The molecule has 22 heavy (non-hydrogen) atoms. The Morgan fingerprint density at radius 1 is 1.27 bits per heavy atom. The predicted molar refractivity (Wildman–Crippen MR) is 90.2 cm³/mol. The molecule has 1 aliphatic heterocycles. The predicted octanol–water partition coefficient (Wildman–Crippen LogP) is 1.90. The maximum Gasteiger partial charge on any atom is 0.321 e. The second-order valence-electron chi connectivity index (χ2n) is 5.06. The van der Waals surface area contributed by atoms with Gasteiger partial charge in [-0.3, -0.25) is 4.79 Å². The van der Waals surface area contributed by atoms with E-state index in [1.807, 2.05) is 0 Å². The lowest BCUT2D eigenvalue weighted by molar-refractivity contribution is 0.0736.